The number of nitrogen functional groups attached to an aromatic ring is 1. The number of fused-ring (bicyclic) bond motifs is 1. The first-order chi connectivity index (χ1) is 9.61. The van der Waals surface area contributed by atoms with E-state index in [0.29, 0.717) is 17.3 Å². The van der Waals surface area contributed by atoms with Gasteiger partial charge in [0.25, 0.3) is 0 Å². The molecule has 3 aromatic rings. The number of thioether (sulfide) groups is 1. The Morgan fingerprint density at radius 3 is 2.85 bits per heavy atom. The van der Waals surface area contributed by atoms with Crippen molar-refractivity contribution >= 4 is 28.5 Å². The molecule has 1 heterocycles. The molecule has 0 unspecified atom stereocenters. The number of aromatic amines is 1. The van der Waals surface area contributed by atoms with Crippen molar-refractivity contribution in [2.24, 2.45) is 0 Å². The summed E-state index contributed by atoms with van der Waals surface area (Å²) >= 11 is 1.19. The van der Waals surface area contributed by atoms with E-state index in [2.05, 4.69) is 9.97 Å². The Labute approximate surface area is 118 Å². The van der Waals surface area contributed by atoms with Crippen LogP contribution in [0.2, 0.25) is 0 Å². The maximum atomic E-state index is 13.5. The summed E-state index contributed by atoms with van der Waals surface area (Å²) in [4.78, 5) is 7.75. The van der Waals surface area contributed by atoms with Crippen molar-refractivity contribution in [1.82, 2.24) is 9.97 Å². The minimum atomic E-state index is -0.453. The summed E-state index contributed by atoms with van der Waals surface area (Å²) in [6.45, 7) is 0. The highest BCUT2D eigenvalue weighted by Crippen LogP contribution is 2.26. The third kappa shape index (κ3) is 2.60. The standard InChI is InChI=1S/C14H11F2N3S/c15-8-1-3-10(16)13(5-8)20-7-14-18-11-4-2-9(17)6-12(11)19-14/h1-6H,7,17H2,(H,18,19). The highest BCUT2D eigenvalue weighted by atomic mass is 32.2. The highest BCUT2D eigenvalue weighted by Gasteiger charge is 2.08. The van der Waals surface area contributed by atoms with Gasteiger partial charge in [-0.3, -0.25) is 0 Å². The topological polar surface area (TPSA) is 54.7 Å². The van der Waals surface area contributed by atoms with Crippen molar-refractivity contribution in [2.45, 2.75) is 10.6 Å². The molecule has 0 saturated heterocycles. The molecule has 0 aliphatic carbocycles. The van der Waals surface area contributed by atoms with Gasteiger partial charge < -0.3 is 10.7 Å². The average Bonchev–Trinajstić information content (AvgIpc) is 2.81. The van der Waals surface area contributed by atoms with Gasteiger partial charge in [0.2, 0.25) is 0 Å². The normalized spacial score (nSPS) is 11.1. The monoisotopic (exact) mass is 291 g/mol. The number of imidazole rings is 1. The Balaban J connectivity index is 1.81. The predicted octanol–water partition coefficient (Wildman–Crippen LogP) is 3.72. The Bertz CT molecular complexity index is 770. The fourth-order valence-electron chi connectivity index (χ4n) is 1.88. The van der Waals surface area contributed by atoms with E-state index in [1.807, 2.05) is 6.07 Å². The van der Waals surface area contributed by atoms with E-state index >= 15 is 0 Å². The molecule has 3 rings (SSSR count). The summed E-state index contributed by atoms with van der Waals surface area (Å²) in [6, 6.07) is 8.78. The van der Waals surface area contributed by atoms with Crippen LogP contribution in [0.5, 0.6) is 0 Å². The van der Waals surface area contributed by atoms with Crippen molar-refractivity contribution in [3.05, 3.63) is 53.9 Å². The number of nitrogens with one attached hydrogen (secondary N) is 1. The molecule has 102 valence electrons. The zero-order chi connectivity index (χ0) is 14.1. The van der Waals surface area contributed by atoms with Gasteiger partial charge in [0, 0.05) is 10.6 Å². The van der Waals surface area contributed by atoms with Gasteiger partial charge in [-0.15, -0.1) is 11.8 Å². The van der Waals surface area contributed by atoms with Crippen molar-refractivity contribution < 1.29 is 8.78 Å². The van der Waals surface area contributed by atoms with E-state index in [0.717, 1.165) is 23.2 Å². The molecule has 0 saturated carbocycles. The van der Waals surface area contributed by atoms with Crippen LogP contribution in [-0.2, 0) is 5.75 Å². The van der Waals surface area contributed by atoms with Crippen LogP contribution in [0.3, 0.4) is 0 Å². The molecule has 0 fully saturated rings. The van der Waals surface area contributed by atoms with Gasteiger partial charge in [0.05, 0.1) is 16.8 Å². The first kappa shape index (κ1) is 12.9. The van der Waals surface area contributed by atoms with Crippen LogP contribution in [0.1, 0.15) is 5.82 Å². The molecule has 2 aromatic carbocycles. The van der Waals surface area contributed by atoms with Crippen LogP contribution in [-0.4, -0.2) is 9.97 Å². The lowest BCUT2D eigenvalue weighted by atomic mass is 10.3. The van der Waals surface area contributed by atoms with Crippen molar-refractivity contribution in [3.63, 3.8) is 0 Å². The lowest BCUT2D eigenvalue weighted by molar-refractivity contribution is 0.577. The van der Waals surface area contributed by atoms with Crippen LogP contribution < -0.4 is 5.73 Å². The molecule has 0 atom stereocenters. The number of nitrogens with zero attached hydrogens (tertiary/aromatic N) is 1. The zero-order valence-corrected chi connectivity index (χ0v) is 11.2. The van der Waals surface area contributed by atoms with Gasteiger partial charge >= 0.3 is 0 Å². The molecule has 20 heavy (non-hydrogen) atoms. The van der Waals surface area contributed by atoms with E-state index in [1.165, 1.54) is 17.8 Å². The van der Waals surface area contributed by atoms with Crippen LogP contribution in [0.4, 0.5) is 14.5 Å². The Hall–Kier alpha value is -2.08. The molecule has 0 aliphatic rings. The number of aromatic nitrogens is 2. The predicted molar refractivity (Wildman–Crippen MR) is 76.4 cm³/mol. The third-order valence-corrected chi connectivity index (χ3v) is 3.85. The number of rotatable bonds is 3. The smallest absolute Gasteiger partial charge is 0.136 e. The molecule has 6 heteroatoms. The molecule has 1 aromatic heterocycles. The maximum absolute atomic E-state index is 13.5. The summed E-state index contributed by atoms with van der Waals surface area (Å²) in [5, 5.41) is 0. The molecule has 0 amide bonds. The Kier molecular flexibility index (Phi) is 3.31. The summed E-state index contributed by atoms with van der Waals surface area (Å²) in [5.74, 6) is 0.233. The maximum Gasteiger partial charge on any atom is 0.136 e. The van der Waals surface area contributed by atoms with E-state index in [-0.39, 0.29) is 4.90 Å². The number of hydrogen-bond donors (Lipinski definition) is 2. The van der Waals surface area contributed by atoms with Crippen LogP contribution in [0, 0.1) is 11.6 Å². The molecular formula is C14H11F2N3S. The lowest BCUT2D eigenvalue weighted by Gasteiger charge is -2.01. The second-order valence-corrected chi connectivity index (χ2v) is 5.34. The van der Waals surface area contributed by atoms with E-state index in [9.17, 15) is 8.78 Å². The van der Waals surface area contributed by atoms with Crippen molar-refractivity contribution in [1.29, 1.82) is 0 Å². The molecule has 0 spiro atoms. The number of hydrogen-bond acceptors (Lipinski definition) is 3. The number of halogens is 2. The second-order valence-electron chi connectivity index (χ2n) is 4.32. The van der Waals surface area contributed by atoms with E-state index in [4.69, 9.17) is 5.73 Å². The average molecular weight is 291 g/mol. The number of H-pyrrole nitrogens is 1. The molecule has 0 radical (unpaired) electrons. The summed E-state index contributed by atoms with van der Waals surface area (Å²) in [7, 11) is 0. The Morgan fingerprint density at radius 2 is 2.00 bits per heavy atom. The second kappa shape index (κ2) is 5.13. The quantitative estimate of drug-likeness (QED) is 0.571. The third-order valence-electron chi connectivity index (χ3n) is 2.81. The highest BCUT2D eigenvalue weighted by molar-refractivity contribution is 7.98. The number of anilines is 1. The fourth-order valence-corrected chi connectivity index (χ4v) is 2.71. The zero-order valence-electron chi connectivity index (χ0n) is 10.4. The van der Waals surface area contributed by atoms with Crippen molar-refractivity contribution in [3.8, 4) is 0 Å². The van der Waals surface area contributed by atoms with Crippen LogP contribution in [0.15, 0.2) is 41.3 Å². The van der Waals surface area contributed by atoms with Gasteiger partial charge in [-0.2, -0.15) is 0 Å². The summed E-state index contributed by atoms with van der Waals surface area (Å²) in [5.41, 5.74) is 7.97. The van der Waals surface area contributed by atoms with Gasteiger partial charge in [-0.1, -0.05) is 0 Å². The first-order valence-corrected chi connectivity index (χ1v) is 6.92. The van der Waals surface area contributed by atoms with Gasteiger partial charge in [-0.05, 0) is 36.4 Å². The van der Waals surface area contributed by atoms with Gasteiger partial charge in [0.1, 0.15) is 17.5 Å². The first-order valence-electron chi connectivity index (χ1n) is 5.94. The van der Waals surface area contributed by atoms with Gasteiger partial charge in [-0.25, -0.2) is 13.8 Å². The molecular weight excluding hydrogens is 280 g/mol. The van der Waals surface area contributed by atoms with E-state index in [1.54, 1.807) is 12.1 Å². The van der Waals surface area contributed by atoms with Crippen molar-refractivity contribution in [2.75, 3.05) is 5.73 Å². The molecule has 0 bridgehead atoms. The summed E-state index contributed by atoms with van der Waals surface area (Å²) in [6.07, 6.45) is 0. The Morgan fingerprint density at radius 1 is 1.15 bits per heavy atom. The number of nitrogens with two attached hydrogens (primary N) is 1. The summed E-state index contributed by atoms with van der Waals surface area (Å²) < 4.78 is 26.6. The van der Waals surface area contributed by atoms with Crippen LogP contribution in [0.25, 0.3) is 11.0 Å². The van der Waals surface area contributed by atoms with Gasteiger partial charge in [0.15, 0.2) is 0 Å². The largest absolute Gasteiger partial charge is 0.399 e. The fraction of sp³-hybridized carbons (Fsp3) is 0.0714. The minimum absolute atomic E-state index is 0.268. The van der Waals surface area contributed by atoms with E-state index < -0.39 is 11.6 Å². The minimum Gasteiger partial charge on any atom is -0.399 e. The molecule has 3 N–H and O–H groups in total. The lowest BCUT2D eigenvalue weighted by Crippen LogP contribution is -1.87. The molecule has 3 nitrogen and oxygen atoms in total. The SMILES string of the molecule is Nc1ccc2nc(CSc3cc(F)ccc3F)[nH]c2c1. The number of benzene rings is 2. The van der Waals surface area contributed by atoms with Crippen LogP contribution >= 0.6 is 11.8 Å². The molecule has 0 aliphatic heterocycles.